The van der Waals surface area contributed by atoms with Crippen molar-refractivity contribution in [2.75, 3.05) is 4.90 Å². The van der Waals surface area contributed by atoms with E-state index in [1.54, 1.807) is 0 Å². The lowest BCUT2D eigenvalue weighted by atomic mass is 10.1. The highest BCUT2D eigenvalue weighted by atomic mass is 32.1. The van der Waals surface area contributed by atoms with Crippen molar-refractivity contribution >= 4 is 58.5 Å². The van der Waals surface area contributed by atoms with Crippen LogP contribution in [-0.2, 0) is 0 Å². The van der Waals surface area contributed by atoms with E-state index < -0.39 is 0 Å². The third-order valence-corrected chi connectivity index (χ3v) is 8.81. The number of fused-ring (bicyclic) bond motifs is 3. The van der Waals surface area contributed by atoms with Gasteiger partial charge >= 0.3 is 0 Å². The van der Waals surface area contributed by atoms with E-state index >= 15 is 0 Å². The van der Waals surface area contributed by atoms with Crippen LogP contribution in [-0.4, -0.2) is 0 Å². The molecule has 0 saturated heterocycles. The summed E-state index contributed by atoms with van der Waals surface area (Å²) in [6.07, 6.45) is 16.0. The lowest BCUT2D eigenvalue weighted by Gasteiger charge is -2.27. The van der Waals surface area contributed by atoms with E-state index in [0.717, 1.165) is 17.1 Å². The fraction of sp³-hybridized carbons (Fsp3) is 0.212. The number of rotatable bonds is 8. The maximum absolute atomic E-state index is 3.91. The van der Waals surface area contributed by atoms with Gasteiger partial charge in [0.25, 0.3) is 0 Å². The largest absolute Gasteiger partial charge is 0.311 e. The van der Waals surface area contributed by atoms with Crippen molar-refractivity contribution < 1.29 is 0 Å². The zero-order valence-corrected chi connectivity index (χ0v) is 25.6. The first-order chi connectivity index (χ1) is 18.1. The summed E-state index contributed by atoms with van der Waals surface area (Å²) in [5.74, 6) is 0. The van der Waals surface area contributed by atoms with Crippen molar-refractivity contribution in [2.24, 2.45) is 0 Å². The van der Waals surface area contributed by atoms with Crippen molar-refractivity contribution in [1.29, 1.82) is 0 Å². The van der Waals surface area contributed by atoms with Crippen molar-refractivity contribution in [3.8, 4) is 11.1 Å². The van der Waals surface area contributed by atoms with Crippen molar-refractivity contribution in [3.05, 3.63) is 114 Å². The number of aryl methyl sites for hydroxylation is 1. The van der Waals surface area contributed by atoms with Gasteiger partial charge in [-0.2, -0.15) is 0 Å². The molecule has 0 radical (unpaired) electrons. The monoisotopic (exact) mass is 545 g/mol. The van der Waals surface area contributed by atoms with Gasteiger partial charge in [0.05, 0.1) is 14.1 Å². The molecule has 0 saturated carbocycles. The summed E-state index contributed by atoms with van der Waals surface area (Å²) in [7, 11) is 0. The fourth-order valence-electron chi connectivity index (χ4n) is 3.87. The highest BCUT2D eigenvalue weighted by molar-refractivity contribution is 7.38. The number of nitrogens with zero attached hydrogens (tertiary/aromatic N) is 1. The van der Waals surface area contributed by atoms with Crippen LogP contribution in [0, 0.1) is 6.92 Å². The van der Waals surface area contributed by atoms with Gasteiger partial charge in [0, 0.05) is 37.6 Å². The number of thiophene rings is 3. The Morgan fingerprint density at radius 3 is 1.86 bits per heavy atom. The van der Waals surface area contributed by atoms with Gasteiger partial charge in [-0.05, 0) is 68.8 Å². The maximum Gasteiger partial charge on any atom is 0.0635 e. The molecule has 1 aromatic carbocycles. The van der Waals surface area contributed by atoms with Gasteiger partial charge < -0.3 is 4.90 Å². The minimum absolute atomic E-state index is 1.04. The molecule has 0 aliphatic carbocycles. The molecule has 0 bridgehead atoms. The highest BCUT2D eigenvalue weighted by Gasteiger charge is 2.17. The summed E-state index contributed by atoms with van der Waals surface area (Å²) < 4.78 is 5.65. The fourth-order valence-corrected chi connectivity index (χ4v) is 7.84. The summed E-state index contributed by atoms with van der Waals surface area (Å²) in [5.41, 5.74) is 5.74. The minimum atomic E-state index is 1.04. The molecule has 0 unspecified atom stereocenters. The minimum Gasteiger partial charge on any atom is -0.311 e. The zero-order chi connectivity index (χ0) is 27.4. The summed E-state index contributed by atoms with van der Waals surface area (Å²) in [6, 6.07) is 11.2. The normalized spacial score (nSPS) is 12.0. The molecule has 4 aromatic rings. The molecule has 0 atom stereocenters. The highest BCUT2D eigenvalue weighted by Crippen LogP contribution is 2.47. The molecule has 0 N–H and O–H groups in total. The molecule has 3 heterocycles. The van der Waals surface area contributed by atoms with Crippen LogP contribution in [0.4, 0.5) is 5.69 Å². The van der Waals surface area contributed by atoms with Crippen molar-refractivity contribution in [1.82, 2.24) is 0 Å². The lowest BCUT2D eigenvalue weighted by molar-refractivity contribution is 1.14. The molecule has 0 fully saturated rings. The van der Waals surface area contributed by atoms with Gasteiger partial charge in [-0.15, -0.1) is 34.0 Å². The summed E-state index contributed by atoms with van der Waals surface area (Å²) in [5, 5.41) is 2.30. The molecular weight excluding hydrogens is 507 g/mol. The van der Waals surface area contributed by atoms with Gasteiger partial charge in [-0.3, -0.25) is 0 Å². The molecule has 0 aliphatic rings. The topological polar surface area (TPSA) is 3.24 Å². The Balaban J connectivity index is 0.00000115. The molecule has 1 nitrogen and oxygen atoms in total. The van der Waals surface area contributed by atoms with E-state index in [1.165, 1.54) is 34.8 Å². The number of hydrogen-bond acceptors (Lipinski definition) is 4. The molecule has 0 aliphatic heterocycles. The third-order valence-electron chi connectivity index (χ3n) is 5.19. The smallest absolute Gasteiger partial charge is 0.0635 e. The van der Waals surface area contributed by atoms with Gasteiger partial charge in [0.15, 0.2) is 0 Å². The van der Waals surface area contributed by atoms with Crippen molar-refractivity contribution in [3.63, 3.8) is 0 Å². The lowest BCUT2D eigenvalue weighted by Crippen LogP contribution is -2.19. The van der Waals surface area contributed by atoms with Crippen LogP contribution < -0.4 is 4.90 Å². The Hall–Kier alpha value is -2.92. The van der Waals surface area contributed by atoms with Crippen LogP contribution in [0.2, 0.25) is 0 Å². The van der Waals surface area contributed by atoms with E-state index in [0.29, 0.717) is 0 Å². The van der Waals surface area contributed by atoms with Crippen LogP contribution in [0.1, 0.15) is 46.4 Å². The predicted octanol–water partition coefficient (Wildman–Crippen LogP) is 12.3. The number of hydrogen-bond donors (Lipinski definition) is 0. The first-order valence-corrected chi connectivity index (χ1v) is 15.3. The predicted molar refractivity (Wildman–Crippen MR) is 177 cm³/mol. The molecule has 3 aromatic heterocycles. The molecule has 194 valence electrons. The Bertz CT molecular complexity index is 1380. The van der Waals surface area contributed by atoms with Crippen LogP contribution in [0.15, 0.2) is 109 Å². The number of allylic oxidation sites excluding steroid dienone is 8. The van der Waals surface area contributed by atoms with Gasteiger partial charge in [0.2, 0.25) is 0 Å². The maximum atomic E-state index is 3.91. The van der Waals surface area contributed by atoms with E-state index in [4.69, 9.17) is 0 Å². The molecule has 37 heavy (non-hydrogen) atoms. The second-order valence-corrected chi connectivity index (χ2v) is 10.7. The van der Waals surface area contributed by atoms with Crippen LogP contribution in [0.5, 0.6) is 0 Å². The van der Waals surface area contributed by atoms with E-state index in [9.17, 15) is 0 Å². The second-order valence-electron chi connectivity index (χ2n) is 7.50. The second kappa shape index (κ2) is 15.4. The molecule has 0 spiro atoms. The Kier molecular flexibility index (Phi) is 12.6. The van der Waals surface area contributed by atoms with Crippen molar-refractivity contribution in [2.45, 2.75) is 48.5 Å². The Morgan fingerprint density at radius 2 is 1.35 bits per heavy atom. The number of anilines is 1. The zero-order valence-electron chi connectivity index (χ0n) is 23.2. The average Bonchev–Trinajstić information content (AvgIpc) is 3.58. The van der Waals surface area contributed by atoms with Gasteiger partial charge in [0.1, 0.15) is 0 Å². The Labute approximate surface area is 235 Å². The van der Waals surface area contributed by atoms with Gasteiger partial charge in [-0.25, -0.2) is 0 Å². The molecule has 0 amide bonds. The Morgan fingerprint density at radius 1 is 0.784 bits per heavy atom. The van der Waals surface area contributed by atoms with E-state index in [-0.39, 0.29) is 0 Å². The summed E-state index contributed by atoms with van der Waals surface area (Å²) in [4.78, 5) is 3.60. The van der Waals surface area contributed by atoms with Crippen LogP contribution >= 0.6 is 34.0 Å². The van der Waals surface area contributed by atoms with E-state index in [2.05, 4.69) is 72.8 Å². The quantitative estimate of drug-likeness (QED) is 0.199. The molecule has 4 heteroatoms. The first-order valence-electron chi connectivity index (χ1n) is 12.8. The van der Waals surface area contributed by atoms with Crippen LogP contribution in [0.25, 0.3) is 29.9 Å². The summed E-state index contributed by atoms with van der Waals surface area (Å²) >= 11 is 5.67. The van der Waals surface area contributed by atoms with Crippen LogP contribution in [0.3, 0.4) is 0 Å². The SMILES string of the molecule is C=C/C=C(\C=C/C)N(C(/C=C\C)=C/C=C)c1ccc(-c2csc3c2sc2cc(C)sc23)cc1.CC.CC. The average molecular weight is 546 g/mol. The van der Waals surface area contributed by atoms with Gasteiger partial charge in [-0.1, -0.05) is 77.3 Å². The summed E-state index contributed by atoms with van der Waals surface area (Å²) in [6.45, 7) is 22.1. The first kappa shape index (κ1) is 30.3. The third kappa shape index (κ3) is 6.89. The van der Waals surface area contributed by atoms with E-state index in [1.807, 2.05) is 112 Å². The number of benzene rings is 1. The molecule has 4 rings (SSSR count). The molecular formula is C33H39NS3. The standard InChI is InChI=1S/C29H27NS3.2C2H6/c1-6-10-22(11-7-2)30(23(12-8-3)13-9-4)24-16-14-21(15-17-24)25-19-31-29-27(25)33-26-18-20(5)32-28(26)29;2*1-2/h6-19H,1,3H2,2,4-5H3;2*1-2H3/b11-7-,13-9-,22-10+,23-12+;;.